The van der Waals surface area contributed by atoms with Crippen LogP contribution in [0.15, 0.2) is 24.3 Å². The highest BCUT2D eigenvalue weighted by atomic mass is 31.2. The lowest BCUT2D eigenvalue weighted by Crippen LogP contribution is -2.03. The summed E-state index contributed by atoms with van der Waals surface area (Å²) in [5.41, 5.74) is 3.18. The summed E-state index contributed by atoms with van der Waals surface area (Å²) in [6.45, 7) is 6.16. The minimum absolute atomic E-state index is 0.141. The Bertz CT molecular complexity index is 655. The third-order valence-corrected chi connectivity index (χ3v) is 6.10. The molecule has 0 aliphatic heterocycles. The van der Waals surface area contributed by atoms with E-state index in [2.05, 4.69) is 0 Å². The second kappa shape index (κ2) is 7.43. The molecule has 0 radical (unpaired) electrons. The highest BCUT2D eigenvalue weighted by molar-refractivity contribution is 7.54. The van der Waals surface area contributed by atoms with Gasteiger partial charge >= 0.3 is 13.6 Å². The number of hydrogen-bond acceptors (Lipinski definition) is 5. The third kappa shape index (κ3) is 3.74. The summed E-state index contributed by atoms with van der Waals surface area (Å²) in [7, 11) is -1.97. The summed E-state index contributed by atoms with van der Waals surface area (Å²) < 4.78 is 28.9. The first-order valence-electron chi connectivity index (χ1n) is 7.72. The van der Waals surface area contributed by atoms with E-state index in [-0.39, 0.29) is 12.4 Å². The number of ether oxygens (including phenoxy) is 1. The van der Waals surface area contributed by atoms with Crippen LogP contribution >= 0.6 is 7.60 Å². The number of carbonyl (C=O) groups is 1. The number of carbonyl (C=O) groups excluding carboxylic acids is 1. The smallest absolute Gasteiger partial charge is 0.341 e. The predicted octanol–water partition coefficient (Wildman–Crippen LogP) is 4.26. The maximum atomic E-state index is 13.2. The van der Waals surface area contributed by atoms with Gasteiger partial charge in [0.2, 0.25) is 0 Å². The van der Waals surface area contributed by atoms with Crippen molar-refractivity contribution >= 4 is 19.1 Å². The zero-order chi connectivity index (χ0) is 17.0. The molecule has 0 fully saturated rings. The van der Waals surface area contributed by atoms with E-state index in [4.69, 9.17) is 13.8 Å². The van der Waals surface area contributed by atoms with E-state index >= 15 is 0 Å². The van der Waals surface area contributed by atoms with Crippen LogP contribution in [0.3, 0.4) is 0 Å². The van der Waals surface area contributed by atoms with Gasteiger partial charge in [0.15, 0.2) is 0 Å². The summed E-state index contributed by atoms with van der Waals surface area (Å²) in [4.78, 5) is 11.7. The van der Waals surface area contributed by atoms with Crippen molar-refractivity contribution in [2.24, 2.45) is 0 Å². The van der Waals surface area contributed by atoms with Gasteiger partial charge in [-0.3, -0.25) is 9.36 Å². The molecule has 0 N–H and O–H groups in total. The molecule has 2 rings (SSSR count). The van der Waals surface area contributed by atoms with Crippen molar-refractivity contribution in [1.82, 2.24) is 0 Å². The monoisotopic (exact) mass is 338 g/mol. The Kier molecular flexibility index (Phi) is 5.79. The van der Waals surface area contributed by atoms with Crippen molar-refractivity contribution < 1.29 is 23.1 Å². The number of fused-ring (bicyclic) bond motifs is 1. The number of allylic oxidation sites excluding steroid dienone is 1. The molecule has 0 aromatic heterocycles. The van der Waals surface area contributed by atoms with Crippen LogP contribution in [0.25, 0.3) is 5.57 Å². The van der Waals surface area contributed by atoms with Gasteiger partial charge in [0.05, 0.1) is 26.7 Å². The van der Waals surface area contributed by atoms with Crippen LogP contribution < -0.4 is 0 Å². The molecule has 0 amide bonds. The van der Waals surface area contributed by atoms with Gasteiger partial charge in [0, 0.05) is 0 Å². The molecule has 5 nitrogen and oxygen atoms in total. The Morgan fingerprint density at radius 1 is 1.22 bits per heavy atom. The molecule has 0 saturated carbocycles. The first kappa shape index (κ1) is 17.9. The van der Waals surface area contributed by atoms with Gasteiger partial charge in [0.25, 0.3) is 0 Å². The lowest BCUT2D eigenvalue weighted by molar-refractivity contribution is -0.139. The quantitative estimate of drug-likeness (QED) is 0.549. The van der Waals surface area contributed by atoms with Crippen molar-refractivity contribution in [3.8, 4) is 0 Å². The van der Waals surface area contributed by atoms with Crippen molar-refractivity contribution in [1.29, 1.82) is 0 Å². The van der Waals surface area contributed by atoms with E-state index in [0.29, 0.717) is 13.2 Å². The maximum absolute atomic E-state index is 13.2. The largest absolute Gasteiger partial charge is 0.469 e. The molecule has 126 valence electrons. The number of methoxy groups -OCH3 is 1. The Hall–Kier alpha value is -1.42. The summed E-state index contributed by atoms with van der Waals surface area (Å²) in [5, 5.41) is 0. The van der Waals surface area contributed by atoms with E-state index in [9.17, 15) is 9.36 Å². The zero-order valence-corrected chi connectivity index (χ0v) is 14.9. The third-order valence-electron chi connectivity index (χ3n) is 3.75. The highest BCUT2D eigenvalue weighted by Gasteiger charge is 2.40. The Morgan fingerprint density at radius 2 is 1.87 bits per heavy atom. The first-order chi connectivity index (χ1) is 10.9. The highest BCUT2D eigenvalue weighted by Crippen LogP contribution is 2.65. The number of hydrogen-bond donors (Lipinski definition) is 0. The van der Waals surface area contributed by atoms with Gasteiger partial charge in [-0.25, -0.2) is 0 Å². The fourth-order valence-electron chi connectivity index (χ4n) is 2.78. The average Bonchev–Trinajstić information content (AvgIpc) is 2.86. The van der Waals surface area contributed by atoms with Gasteiger partial charge in [-0.05, 0) is 37.5 Å². The average molecular weight is 338 g/mol. The SMILES string of the molecule is CCOP(=O)(OCC)C1C=C(CC(=O)OC)c2cc(C)ccc21. The van der Waals surface area contributed by atoms with Crippen LogP contribution in [0.2, 0.25) is 0 Å². The van der Waals surface area contributed by atoms with Crippen LogP contribution in [0.1, 0.15) is 42.6 Å². The van der Waals surface area contributed by atoms with Crippen molar-refractivity contribution in [2.45, 2.75) is 32.9 Å². The lowest BCUT2D eigenvalue weighted by Gasteiger charge is -2.23. The van der Waals surface area contributed by atoms with E-state index in [1.54, 1.807) is 13.8 Å². The summed E-state index contributed by atoms with van der Waals surface area (Å²) >= 11 is 0. The van der Waals surface area contributed by atoms with Gasteiger partial charge in [-0.2, -0.15) is 0 Å². The molecule has 1 aromatic rings. The fraction of sp³-hybridized carbons (Fsp3) is 0.471. The molecule has 1 atom stereocenters. The van der Waals surface area contributed by atoms with E-state index in [0.717, 1.165) is 22.3 Å². The second-order valence-corrected chi connectivity index (χ2v) is 7.51. The van der Waals surface area contributed by atoms with Crippen LogP contribution in [0.5, 0.6) is 0 Å². The minimum Gasteiger partial charge on any atom is -0.469 e. The summed E-state index contributed by atoms with van der Waals surface area (Å²) in [6, 6.07) is 5.89. The van der Waals surface area contributed by atoms with Crippen molar-refractivity contribution in [3.63, 3.8) is 0 Å². The Morgan fingerprint density at radius 3 is 2.43 bits per heavy atom. The van der Waals surface area contributed by atoms with Crippen LogP contribution in [-0.4, -0.2) is 26.3 Å². The van der Waals surface area contributed by atoms with Gasteiger partial charge in [-0.1, -0.05) is 29.8 Å². The van der Waals surface area contributed by atoms with E-state index in [1.165, 1.54) is 7.11 Å². The van der Waals surface area contributed by atoms with E-state index < -0.39 is 13.3 Å². The molecule has 0 spiro atoms. The van der Waals surface area contributed by atoms with Crippen LogP contribution in [-0.2, 0) is 23.1 Å². The second-order valence-electron chi connectivity index (χ2n) is 5.36. The number of benzene rings is 1. The van der Waals surface area contributed by atoms with Crippen LogP contribution in [0.4, 0.5) is 0 Å². The molecular formula is C17H23O5P. The predicted molar refractivity (Wildman–Crippen MR) is 89.4 cm³/mol. The summed E-state index contributed by atoms with van der Waals surface area (Å²) in [6.07, 6.45) is 1.97. The molecule has 23 heavy (non-hydrogen) atoms. The minimum atomic E-state index is -3.33. The zero-order valence-electron chi connectivity index (χ0n) is 14.0. The Labute approximate surface area is 137 Å². The normalized spacial score (nSPS) is 16.9. The van der Waals surface area contributed by atoms with E-state index in [1.807, 2.05) is 31.2 Å². The molecule has 1 aliphatic rings. The molecule has 0 bridgehead atoms. The maximum Gasteiger partial charge on any atom is 0.341 e. The molecule has 1 unspecified atom stereocenters. The number of esters is 1. The Balaban J connectivity index is 2.48. The topological polar surface area (TPSA) is 61.8 Å². The fourth-order valence-corrected chi connectivity index (χ4v) is 4.82. The molecule has 1 aliphatic carbocycles. The standard InChI is InChI=1S/C17H23O5P/c1-5-21-23(19,22-6-2)16-10-13(11-17(18)20-4)15-9-12(3)7-8-14(15)16/h7-10,16H,5-6,11H2,1-4H3. The molecule has 6 heteroatoms. The lowest BCUT2D eigenvalue weighted by atomic mass is 10.0. The first-order valence-corrected chi connectivity index (χ1v) is 9.33. The van der Waals surface area contributed by atoms with Gasteiger partial charge in [-0.15, -0.1) is 0 Å². The molecule has 0 saturated heterocycles. The molecular weight excluding hydrogens is 315 g/mol. The molecule has 1 aromatic carbocycles. The van der Waals surface area contributed by atoms with Gasteiger partial charge in [0.1, 0.15) is 5.66 Å². The van der Waals surface area contributed by atoms with Crippen molar-refractivity contribution in [2.75, 3.05) is 20.3 Å². The van der Waals surface area contributed by atoms with Crippen molar-refractivity contribution in [3.05, 3.63) is 41.0 Å². The van der Waals surface area contributed by atoms with Crippen LogP contribution in [0, 0.1) is 6.92 Å². The van der Waals surface area contributed by atoms with Gasteiger partial charge < -0.3 is 13.8 Å². The number of rotatable bonds is 7. The molecule has 0 heterocycles. The number of aryl methyl sites for hydroxylation is 1. The summed E-state index contributed by atoms with van der Waals surface area (Å²) in [5.74, 6) is -0.327.